The van der Waals surface area contributed by atoms with Crippen molar-refractivity contribution in [3.8, 4) is 0 Å². The van der Waals surface area contributed by atoms with Crippen molar-refractivity contribution in [3.05, 3.63) is 51.8 Å². The van der Waals surface area contributed by atoms with Crippen molar-refractivity contribution in [2.24, 2.45) is 0 Å². The molecule has 0 bridgehead atoms. The molecule has 2 aromatic carbocycles. The van der Waals surface area contributed by atoms with E-state index in [9.17, 15) is 4.39 Å². The van der Waals surface area contributed by atoms with Gasteiger partial charge in [0.2, 0.25) is 0 Å². The number of nitrogens with two attached hydrogens (primary N) is 1. The Morgan fingerprint density at radius 3 is 2.39 bits per heavy atom. The Hall–Kier alpha value is -1.45. The highest BCUT2D eigenvalue weighted by molar-refractivity contribution is 6.39. The lowest BCUT2D eigenvalue weighted by atomic mass is 10.1. The number of rotatable bonds is 2. The Morgan fingerprint density at radius 1 is 1.17 bits per heavy atom. The summed E-state index contributed by atoms with van der Waals surface area (Å²) in [5, 5.41) is 3.44. The van der Waals surface area contributed by atoms with Gasteiger partial charge in [-0.1, -0.05) is 35.3 Å². The molecule has 2 rings (SSSR count). The van der Waals surface area contributed by atoms with Crippen LogP contribution < -0.4 is 11.1 Å². The van der Waals surface area contributed by atoms with Crippen LogP contribution in [-0.2, 0) is 0 Å². The first-order valence-electron chi connectivity index (χ1n) is 5.25. The van der Waals surface area contributed by atoms with Crippen LogP contribution in [0, 0.1) is 12.7 Å². The summed E-state index contributed by atoms with van der Waals surface area (Å²) in [7, 11) is 0. The summed E-state index contributed by atoms with van der Waals surface area (Å²) >= 11 is 11.9. The Morgan fingerprint density at radius 2 is 1.78 bits per heavy atom. The molecular weight excluding hydrogens is 274 g/mol. The van der Waals surface area contributed by atoms with Crippen molar-refractivity contribution < 1.29 is 4.39 Å². The van der Waals surface area contributed by atoms with Crippen LogP contribution >= 0.6 is 23.2 Å². The maximum Gasteiger partial charge on any atom is 0.126 e. The fourth-order valence-corrected chi connectivity index (χ4v) is 2.14. The van der Waals surface area contributed by atoms with Gasteiger partial charge >= 0.3 is 0 Å². The molecule has 0 aliphatic carbocycles. The Kier molecular flexibility index (Phi) is 3.64. The fourth-order valence-electron chi connectivity index (χ4n) is 1.59. The average Bonchev–Trinajstić information content (AvgIpc) is 2.28. The summed E-state index contributed by atoms with van der Waals surface area (Å²) in [6.45, 7) is 1.90. The highest BCUT2D eigenvalue weighted by atomic mass is 35.5. The van der Waals surface area contributed by atoms with Crippen LogP contribution in [-0.4, -0.2) is 0 Å². The lowest BCUT2D eigenvalue weighted by Gasteiger charge is -2.13. The normalized spacial score (nSPS) is 10.4. The topological polar surface area (TPSA) is 38.0 Å². The van der Waals surface area contributed by atoms with Crippen molar-refractivity contribution in [2.75, 3.05) is 11.1 Å². The van der Waals surface area contributed by atoms with Crippen molar-refractivity contribution in [3.63, 3.8) is 0 Å². The van der Waals surface area contributed by atoms with Gasteiger partial charge in [-0.05, 0) is 30.7 Å². The second-order valence-corrected chi connectivity index (χ2v) is 4.72. The zero-order valence-corrected chi connectivity index (χ0v) is 11.1. The summed E-state index contributed by atoms with van der Waals surface area (Å²) in [5.74, 6) is -0.479. The Balaban J connectivity index is 2.43. The molecule has 0 fully saturated rings. The first-order chi connectivity index (χ1) is 8.49. The Bertz CT molecular complexity index is 577. The second kappa shape index (κ2) is 5.04. The third-order valence-electron chi connectivity index (χ3n) is 2.59. The van der Waals surface area contributed by atoms with Crippen LogP contribution in [0.2, 0.25) is 10.0 Å². The molecule has 0 unspecified atom stereocenters. The monoisotopic (exact) mass is 284 g/mol. The lowest BCUT2D eigenvalue weighted by molar-refractivity contribution is 0.628. The number of hydrogen-bond acceptors (Lipinski definition) is 2. The number of aryl methyl sites for hydroxylation is 1. The molecule has 0 heterocycles. The van der Waals surface area contributed by atoms with Gasteiger partial charge in [-0.2, -0.15) is 0 Å². The van der Waals surface area contributed by atoms with Crippen molar-refractivity contribution in [1.29, 1.82) is 0 Å². The number of benzene rings is 2. The molecule has 0 saturated carbocycles. The molecule has 94 valence electrons. The van der Waals surface area contributed by atoms with E-state index in [1.54, 1.807) is 6.07 Å². The van der Waals surface area contributed by atoms with Gasteiger partial charge in [0, 0.05) is 0 Å². The van der Waals surface area contributed by atoms with E-state index in [-0.39, 0.29) is 10.0 Å². The van der Waals surface area contributed by atoms with E-state index in [4.69, 9.17) is 28.9 Å². The minimum atomic E-state index is -0.479. The molecule has 2 aromatic rings. The summed E-state index contributed by atoms with van der Waals surface area (Å²) < 4.78 is 13.1. The van der Waals surface area contributed by atoms with E-state index in [0.29, 0.717) is 17.1 Å². The van der Waals surface area contributed by atoms with Gasteiger partial charge in [0.1, 0.15) is 5.82 Å². The zero-order valence-electron chi connectivity index (χ0n) is 9.60. The molecule has 18 heavy (non-hydrogen) atoms. The summed E-state index contributed by atoms with van der Waals surface area (Å²) in [6, 6.07) is 7.95. The number of para-hydroxylation sites is 1. The van der Waals surface area contributed by atoms with Gasteiger partial charge in [-0.15, -0.1) is 0 Å². The van der Waals surface area contributed by atoms with E-state index in [1.165, 1.54) is 12.1 Å². The number of halogens is 3. The first kappa shape index (κ1) is 13.0. The quantitative estimate of drug-likeness (QED) is 0.780. The molecule has 5 heteroatoms. The van der Waals surface area contributed by atoms with Crippen LogP contribution in [0.15, 0.2) is 30.3 Å². The highest BCUT2D eigenvalue weighted by Crippen LogP contribution is 2.35. The van der Waals surface area contributed by atoms with E-state index >= 15 is 0 Å². The average molecular weight is 285 g/mol. The van der Waals surface area contributed by atoms with Gasteiger partial charge in [0.25, 0.3) is 0 Å². The molecule has 3 N–H and O–H groups in total. The molecule has 0 saturated heterocycles. The predicted molar refractivity (Wildman–Crippen MR) is 75.3 cm³/mol. The standard InChI is InChI=1S/C13H11Cl2FN2/c1-7-3-2-4-11(12(7)17)18-13-9(14)5-8(16)6-10(13)15/h2-6,18H,17H2,1H3. The third kappa shape index (κ3) is 2.52. The van der Waals surface area contributed by atoms with Gasteiger partial charge in [-0.3, -0.25) is 0 Å². The molecule has 0 radical (unpaired) electrons. The molecule has 0 amide bonds. The maximum atomic E-state index is 13.1. The number of nitrogens with one attached hydrogen (secondary N) is 1. The molecule has 2 nitrogen and oxygen atoms in total. The molecule has 0 atom stereocenters. The summed E-state index contributed by atoms with van der Waals surface area (Å²) in [4.78, 5) is 0. The predicted octanol–water partition coefficient (Wildman–Crippen LogP) is 4.77. The number of anilines is 3. The molecule has 0 aliphatic heterocycles. The van der Waals surface area contributed by atoms with E-state index in [2.05, 4.69) is 5.32 Å². The van der Waals surface area contributed by atoms with Crippen LogP contribution in [0.25, 0.3) is 0 Å². The minimum absolute atomic E-state index is 0.209. The molecular formula is C13H11Cl2FN2. The largest absolute Gasteiger partial charge is 0.397 e. The van der Waals surface area contributed by atoms with Crippen LogP contribution in [0.3, 0.4) is 0 Å². The second-order valence-electron chi connectivity index (χ2n) is 3.91. The minimum Gasteiger partial charge on any atom is -0.397 e. The highest BCUT2D eigenvalue weighted by Gasteiger charge is 2.10. The molecule has 0 aromatic heterocycles. The van der Waals surface area contributed by atoms with Crippen LogP contribution in [0.5, 0.6) is 0 Å². The lowest BCUT2D eigenvalue weighted by Crippen LogP contribution is -1.99. The SMILES string of the molecule is Cc1cccc(Nc2c(Cl)cc(F)cc2Cl)c1N. The van der Waals surface area contributed by atoms with E-state index in [0.717, 1.165) is 5.56 Å². The van der Waals surface area contributed by atoms with E-state index in [1.807, 2.05) is 19.1 Å². The zero-order chi connectivity index (χ0) is 13.3. The summed E-state index contributed by atoms with van der Waals surface area (Å²) in [6.07, 6.45) is 0. The van der Waals surface area contributed by atoms with Gasteiger partial charge in [0.05, 0.1) is 27.1 Å². The van der Waals surface area contributed by atoms with Crippen molar-refractivity contribution in [1.82, 2.24) is 0 Å². The Labute approximate surface area is 115 Å². The van der Waals surface area contributed by atoms with Gasteiger partial charge < -0.3 is 11.1 Å². The smallest absolute Gasteiger partial charge is 0.126 e. The van der Waals surface area contributed by atoms with Crippen molar-refractivity contribution >= 4 is 40.3 Å². The van der Waals surface area contributed by atoms with Crippen molar-refractivity contribution in [2.45, 2.75) is 6.92 Å². The summed E-state index contributed by atoms with van der Waals surface area (Å²) in [5.41, 5.74) is 8.61. The van der Waals surface area contributed by atoms with E-state index < -0.39 is 5.82 Å². The fraction of sp³-hybridized carbons (Fsp3) is 0.0769. The van der Waals surface area contributed by atoms with Gasteiger partial charge in [-0.25, -0.2) is 4.39 Å². The van der Waals surface area contributed by atoms with Gasteiger partial charge in [0.15, 0.2) is 0 Å². The molecule has 0 spiro atoms. The maximum absolute atomic E-state index is 13.1. The molecule has 0 aliphatic rings. The van der Waals surface area contributed by atoms with Crippen LogP contribution in [0.1, 0.15) is 5.56 Å². The first-order valence-corrected chi connectivity index (χ1v) is 6.01. The van der Waals surface area contributed by atoms with Crippen LogP contribution in [0.4, 0.5) is 21.5 Å². The third-order valence-corrected chi connectivity index (χ3v) is 3.19. The number of hydrogen-bond donors (Lipinski definition) is 2. The number of nitrogen functional groups attached to an aromatic ring is 1.